The van der Waals surface area contributed by atoms with Crippen molar-refractivity contribution in [1.29, 1.82) is 0 Å². The first-order valence-corrected chi connectivity index (χ1v) is 7.54. The van der Waals surface area contributed by atoms with E-state index in [1.807, 2.05) is 6.07 Å². The third-order valence-corrected chi connectivity index (χ3v) is 3.51. The number of carbonyl (C=O) groups is 1. The molecule has 0 N–H and O–H groups in total. The van der Waals surface area contributed by atoms with Crippen LogP contribution in [-0.2, 0) is 0 Å². The van der Waals surface area contributed by atoms with Gasteiger partial charge in [-0.15, -0.1) is 9.78 Å². The highest BCUT2D eigenvalue weighted by atomic mass is 16.6. The number of nitrogens with zero attached hydrogens (tertiary/aromatic N) is 5. The zero-order valence-electron chi connectivity index (χ0n) is 13.6. The molecule has 0 aliphatic heterocycles. The Labute approximate surface area is 147 Å². The summed E-state index contributed by atoms with van der Waals surface area (Å²) < 4.78 is 1.74. The van der Waals surface area contributed by atoms with Gasteiger partial charge in [-0.3, -0.25) is 14.9 Å². The number of aromatic nitrogens is 3. The van der Waals surface area contributed by atoms with Crippen LogP contribution in [0.4, 0.5) is 5.69 Å². The Balaban J connectivity index is 2.04. The summed E-state index contributed by atoms with van der Waals surface area (Å²) in [5.74, 6) is -0.319. The standard InChI is InChI=1S/C17H13N5O4/c1-12(23)20-17(24)21(16(19-20)14-5-3-2-4-6-14)18-11-13-7-9-15(10-8-13)22(25)26/h2-11H,1H3/b18-11+. The van der Waals surface area contributed by atoms with Gasteiger partial charge in [0, 0.05) is 24.6 Å². The maximum absolute atomic E-state index is 12.4. The van der Waals surface area contributed by atoms with Crippen LogP contribution in [-0.4, -0.2) is 31.5 Å². The third-order valence-electron chi connectivity index (χ3n) is 3.51. The molecule has 1 aromatic heterocycles. The Morgan fingerprint density at radius 3 is 2.38 bits per heavy atom. The normalized spacial score (nSPS) is 11.0. The second-order valence-corrected chi connectivity index (χ2v) is 5.31. The molecule has 0 bridgehead atoms. The van der Waals surface area contributed by atoms with Crippen LogP contribution in [0.2, 0.25) is 0 Å². The van der Waals surface area contributed by atoms with Crippen molar-refractivity contribution in [2.45, 2.75) is 6.92 Å². The lowest BCUT2D eigenvalue weighted by molar-refractivity contribution is -0.384. The van der Waals surface area contributed by atoms with Gasteiger partial charge in [-0.05, 0) is 17.7 Å². The molecule has 0 aliphatic carbocycles. The molecule has 0 radical (unpaired) electrons. The topological polar surface area (TPSA) is 112 Å². The van der Waals surface area contributed by atoms with Gasteiger partial charge in [-0.2, -0.15) is 9.78 Å². The van der Waals surface area contributed by atoms with Crippen LogP contribution in [0.3, 0.4) is 0 Å². The van der Waals surface area contributed by atoms with Crippen molar-refractivity contribution in [3.05, 3.63) is 80.8 Å². The number of non-ortho nitro benzene ring substituents is 1. The molecule has 9 nitrogen and oxygen atoms in total. The van der Waals surface area contributed by atoms with Gasteiger partial charge in [0.2, 0.25) is 5.91 Å². The fraction of sp³-hybridized carbons (Fsp3) is 0.0588. The van der Waals surface area contributed by atoms with E-state index in [-0.39, 0.29) is 11.5 Å². The Bertz CT molecular complexity index is 1050. The number of nitro benzene ring substituents is 1. The van der Waals surface area contributed by atoms with E-state index >= 15 is 0 Å². The Hall–Kier alpha value is -3.88. The van der Waals surface area contributed by atoms with Gasteiger partial charge in [0.05, 0.1) is 11.1 Å². The zero-order valence-corrected chi connectivity index (χ0v) is 13.6. The molecular formula is C17H13N5O4. The average Bonchev–Trinajstić information content (AvgIpc) is 2.98. The molecule has 2 aromatic carbocycles. The van der Waals surface area contributed by atoms with Crippen molar-refractivity contribution in [2.24, 2.45) is 5.10 Å². The first-order chi connectivity index (χ1) is 12.5. The summed E-state index contributed by atoms with van der Waals surface area (Å²) in [7, 11) is 0. The van der Waals surface area contributed by atoms with Gasteiger partial charge in [-0.25, -0.2) is 4.79 Å². The molecule has 3 aromatic rings. The number of nitro groups is 1. The van der Waals surface area contributed by atoms with Crippen molar-refractivity contribution in [3.63, 3.8) is 0 Å². The summed E-state index contributed by atoms with van der Waals surface area (Å²) in [6, 6.07) is 14.5. The molecule has 3 rings (SSSR count). The van der Waals surface area contributed by atoms with Crippen LogP contribution >= 0.6 is 0 Å². The maximum atomic E-state index is 12.4. The van der Waals surface area contributed by atoms with Crippen LogP contribution in [0.1, 0.15) is 17.3 Å². The lowest BCUT2D eigenvalue weighted by Crippen LogP contribution is -2.26. The fourth-order valence-corrected chi connectivity index (χ4v) is 2.24. The van der Waals surface area contributed by atoms with Crippen molar-refractivity contribution in [3.8, 4) is 11.4 Å². The second kappa shape index (κ2) is 6.93. The molecule has 0 unspecified atom stereocenters. The fourth-order valence-electron chi connectivity index (χ4n) is 2.24. The average molecular weight is 351 g/mol. The van der Waals surface area contributed by atoms with Gasteiger partial charge in [0.25, 0.3) is 5.69 Å². The molecule has 0 saturated heterocycles. The minimum atomic E-state index is -0.700. The van der Waals surface area contributed by atoms with Crippen molar-refractivity contribution >= 4 is 17.8 Å². The highest BCUT2D eigenvalue weighted by Crippen LogP contribution is 2.15. The lowest BCUT2D eigenvalue weighted by Gasteiger charge is -1.99. The van der Waals surface area contributed by atoms with Crippen LogP contribution in [0.5, 0.6) is 0 Å². The molecule has 0 aliphatic rings. The number of hydrogen-bond acceptors (Lipinski definition) is 6. The predicted molar refractivity (Wildman–Crippen MR) is 94.3 cm³/mol. The van der Waals surface area contributed by atoms with Gasteiger partial charge < -0.3 is 0 Å². The Morgan fingerprint density at radius 1 is 1.15 bits per heavy atom. The van der Waals surface area contributed by atoms with Crippen LogP contribution in [0.25, 0.3) is 11.4 Å². The minimum Gasteiger partial charge on any atom is -0.273 e. The van der Waals surface area contributed by atoms with Gasteiger partial charge in [0.1, 0.15) is 0 Å². The first-order valence-electron chi connectivity index (χ1n) is 7.54. The maximum Gasteiger partial charge on any atom is 0.374 e. The molecule has 1 heterocycles. The summed E-state index contributed by atoms with van der Waals surface area (Å²) in [6.45, 7) is 1.23. The molecule has 130 valence electrons. The Kier molecular flexibility index (Phi) is 4.52. The van der Waals surface area contributed by atoms with Crippen LogP contribution < -0.4 is 5.69 Å². The van der Waals surface area contributed by atoms with E-state index in [1.165, 1.54) is 37.4 Å². The zero-order chi connectivity index (χ0) is 18.7. The number of rotatable bonds is 4. The lowest BCUT2D eigenvalue weighted by atomic mass is 10.2. The molecule has 0 saturated carbocycles. The van der Waals surface area contributed by atoms with Gasteiger partial charge >= 0.3 is 5.69 Å². The summed E-state index contributed by atoms with van der Waals surface area (Å²) in [6.07, 6.45) is 1.36. The predicted octanol–water partition coefficient (Wildman–Crippen LogP) is 2.16. The molecule has 0 fully saturated rings. The number of hydrogen-bond donors (Lipinski definition) is 0. The van der Waals surface area contributed by atoms with Gasteiger partial charge in [-0.1, -0.05) is 30.3 Å². The minimum absolute atomic E-state index is 0.0475. The Morgan fingerprint density at radius 2 is 1.81 bits per heavy atom. The van der Waals surface area contributed by atoms with E-state index in [9.17, 15) is 19.7 Å². The largest absolute Gasteiger partial charge is 0.374 e. The SMILES string of the molecule is CC(=O)n1nc(-c2ccccc2)n(/N=C/c2ccc([N+](=O)[O-])cc2)c1=O. The summed E-state index contributed by atoms with van der Waals surface area (Å²) in [5.41, 5.74) is 0.422. The van der Waals surface area contributed by atoms with Gasteiger partial charge in [0.15, 0.2) is 5.82 Å². The van der Waals surface area contributed by atoms with Crippen molar-refractivity contribution < 1.29 is 9.72 Å². The molecule has 0 atom stereocenters. The monoisotopic (exact) mass is 351 g/mol. The van der Waals surface area contributed by atoms with Crippen LogP contribution in [0, 0.1) is 10.1 Å². The smallest absolute Gasteiger partial charge is 0.273 e. The number of carbonyl (C=O) groups excluding carboxylic acids is 1. The first kappa shape index (κ1) is 17.0. The van der Waals surface area contributed by atoms with Crippen molar-refractivity contribution in [2.75, 3.05) is 0 Å². The summed E-state index contributed by atoms with van der Waals surface area (Å²) in [5, 5.41) is 18.8. The second-order valence-electron chi connectivity index (χ2n) is 5.31. The number of benzene rings is 2. The molecule has 0 spiro atoms. The molecule has 0 amide bonds. The third kappa shape index (κ3) is 3.31. The van der Waals surface area contributed by atoms with E-state index in [0.29, 0.717) is 11.1 Å². The molecule has 26 heavy (non-hydrogen) atoms. The molecular weight excluding hydrogens is 338 g/mol. The highest BCUT2D eigenvalue weighted by Gasteiger charge is 2.16. The van der Waals surface area contributed by atoms with E-state index in [4.69, 9.17) is 0 Å². The quantitative estimate of drug-likeness (QED) is 0.406. The highest BCUT2D eigenvalue weighted by molar-refractivity contribution is 5.80. The van der Waals surface area contributed by atoms with E-state index in [1.54, 1.807) is 24.3 Å². The van der Waals surface area contributed by atoms with Crippen molar-refractivity contribution in [1.82, 2.24) is 14.5 Å². The summed E-state index contributed by atoms with van der Waals surface area (Å²) >= 11 is 0. The van der Waals surface area contributed by atoms with E-state index in [0.717, 1.165) is 9.36 Å². The van der Waals surface area contributed by atoms with E-state index in [2.05, 4.69) is 10.2 Å². The summed E-state index contributed by atoms with van der Waals surface area (Å²) in [4.78, 5) is 34.2. The molecule has 9 heteroatoms. The van der Waals surface area contributed by atoms with E-state index < -0.39 is 16.5 Å². The van der Waals surface area contributed by atoms with Crippen LogP contribution in [0.15, 0.2) is 64.5 Å².